The molecule has 0 rings (SSSR count). The van der Waals surface area contributed by atoms with E-state index < -0.39 is 9.24 Å². The number of nitrogens with one attached hydrogen (secondary N) is 1. The summed E-state index contributed by atoms with van der Waals surface area (Å²) in [6.07, 6.45) is 0. The van der Waals surface area contributed by atoms with Crippen LogP contribution in [0.2, 0.25) is 0 Å². The molecule has 0 aromatic carbocycles. The van der Waals surface area contributed by atoms with E-state index in [0.717, 1.165) is 0 Å². The van der Waals surface area contributed by atoms with Crippen LogP contribution in [0.5, 0.6) is 0 Å². The van der Waals surface area contributed by atoms with E-state index in [2.05, 4.69) is 4.72 Å². The number of halogens is 1. The number of nitrogens with two attached hydrogens (primary N) is 1. The smallest absolute Gasteiger partial charge is 0.297 e. The van der Waals surface area contributed by atoms with Crippen molar-refractivity contribution in [3.05, 3.63) is 0 Å². The fourth-order valence-electron chi connectivity index (χ4n) is 0.282. The Bertz CT molecular complexity index is 187. The monoisotopic (exact) mass is 216 g/mol. The van der Waals surface area contributed by atoms with Crippen molar-refractivity contribution in [2.24, 2.45) is 5.73 Å². The Labute approximate surface area is 79.0 Å². The van der Waals surface area contributed by atoms with E-state index in [0.29, 0.717) is 6.04 Å². The van der Waals surface area contributed by atoms with Crippen LogP contribution < -0.4 is 10.5 Å². The second kappa shape index (κ2) is 6.65. The van der Waals surface area contributed by atoms with Gasteiger partial charge >= 0.3 is 0 Å². The molecular formula is C6H17ClN2O2S. The fourth-order valence-corrected chi connectivity index (χ4v) is 1.38. The third kappa shape index (κ3) is 32.0. The minimum atomic E-state index is -3.50. The fraction of sp³-hybridized carbons (Fsp3) is 1.00. The molecule has 0 atom stereocenters. The van der Waals surface area contributed by atoms with Crippen molar-refractivity contribution in [2.75, 3.05) is 0 Å². The van der Waals surface area contributed by atoms with Crippen LogP contribution in [-0.4, -0.2) is 20.5 Å². The van der Waals surface area contributed by atoms with Gasteiger partial charge in [0.25, 0.3) is 9.24 Å². The van der Waals surface area contributed by atoms with Gasteiger partial charge in [-0.1, -0.05) is 13.8 Å². The molecule has 0 amide bonds. The van der Waals surface area contributed by atoms with Gasteiger partial charge in [0.15, 0.2) is 0 Å². The molecular weight excluding hydrogens is 200 g/mol. The lowest BCUT2D eigenvalue weighted by Gasteiger charge is -2.00. The molecule has 0 heterocycles. The van der Waals surface area contributed by atoms with Crippen molar-refractivity contribution in [1.82, 2.24) is 4.72 Å². The first-order valence-corrected chi connectivity index (χ1v) is 5.93. The molecule has 12 heavy (non-hydrogen) atoms. The highest BCUT2D eigenvalue weighted by atomic mass is 35.7. The molecule has 0 aliphatic rings. The van der Waals surface area contributed by atoms with Crippen LogP contribution in [-0.2, 0) is 9.24 Å². The lowest BCUT2D eigenvalue weighted by Crippen LogP contribution is -2.25. The van der Waals surface area contributed by atoms with Crippen molar-refractivity contribution in [2.45, 2.75) is 39.8 Å². The van der Waals surface area contributed by atoms with Gasteiger partial charge in [0, 0.05) is 16.7 Å². The van der Waals surface area contributed by atoms with E-state index in [1.165, 1.54) is 0 Å². The Balaban J connectivity index is 0. The zero-order valence-corrected chi connectivity index (χ0v) is 9.41. The average molecular weight is 217 g/mol. The minimum absolute atomic E-state index is 0.127. The Kier molecular flexibility index (Phi) is 8.13. The van der Waals surface area contributed by atoms with Gasteiger partial charge in [-0.3, -0.25) is 0 Å². The van der Waals surface area contributed by atoms with E-state index in [1.54, 1.807) is 13.8 Å². The van der Waals surface area contributed by atoms with Crippen LogP contribution in [0.25, 0.3) is 0 Å². The molecule has 0 saturated heterocycles. The normalized spacial score (nSPS) is 11.3. The predicted molar refractivity (Wildman–Crippen MR) is 52.4 cm³/mol. The van der Waals surface area contributed by atoms with Crippen molar-refractivity contribution in [3.63, 3.8) is 0 Å². The van der Waals surface area contributed by atoms with E-state index in [4.69, 9.17) is 16.4 Å². The third-order valence-corrected chi connectivity index (χ3v) is 1.40. The Hall–Kier alpha value is 0.160. The second-order valence-corrected chi connectivity index (χ2v) is 5.28. The maximum absolute atomic E-state index is 10.1. The van der Waals surface area contributed by atoms with Crippen LogP contribution in [0.4, 0.5) is 0 Å². The molecule has 4 nitrogen and oxygen atoms in total. The van der Waals surface area contributed by atoms with Crippen molar-refractivity contribution < 1.29 is 8.42 Å². The molecule has 0 unspecified atom stereocenters. The van der Waals surface area contributed by atoms with Gasteiger partial charge in [-0.25, -0.2) is 0 Å². The average Bonchev–Trinajstić information content (AvgIpc) is 1.52. The molecule has 0 radical (unpaired) electrons. The van der Waals surface area contributed by atoms with Gasteiger partial charge in [-0.05, 0) is 19.9 Å². The maximum Gasteiger partial charge on any atom is 0.297 e. The third-order valence-electron chi connectivity index (χ3n) is 0.376. The SMILES string of the molecule is CC(C)N.CC(C)NS(=O)(=O)Cl. The molecule has 0 aromatic rings. The summed E-state index contributed by atoms with van der Waals surface area (Å²) < 4.78 is 22.3. The summed E-state index contributed by atoms with van der Waals surface area (Å²) in [5, 5.41) is 0. The first-order chi connectivity index (χ1) is 5.15. The molecule has 76 valence electrons. The highest BCUT2D eigenvalue weighted by Gasteiger charge is 2.03. The van der Waals surface area contributed by atoms with Gasteiger partial charge < -0.3 is 5.73 Å². The minimum Gasteiger partial charge on any atom is -0.328 e. The van der Waals surface area contributed by atoms with Gasteiger partial charge in [0.05, 0.1) is 0 Å². The molecule has 0 fully saturated rings. The first kappa shape index (κ1) is 14.7. The van der Waals surface area contributed by atoms with Crippen LogP contribution in [0.3, 0.4) is 0 Å². The van der Waals surface area contributed by atoms with Gasteiger partial charge in [-0.15, -0.1) is 0 Å². The summed E-state index contributed by atoms with van der Waals surface area (Å²) in [5.74, 6) is 0. The van der Waals surface area contributed by atoms with Crippen LogP contribution >= 0.6 is 10.7 Å². The zero-order chi connectivity index (χ0) is 10.4. The predicted octanol–water partition coefficient (Wildman–Crippen LogP) is 0.822. The molecule has 0 aliphatic carbocycles. The van der Waals surface area contributed by atoms with E-state index in [1.807, 2.05) is 13.8 Å². The molecule has 0 spiro atoms. The molecule has 6 heteroatoms. The zero-order valence-electron chi connectivity index (χ0n) is 7.83. The number of hydrogen-bond acceptors (Lipinski definition) is 3. The summed E-state index contributed by atoms with van der Waals surface area (Å²) in [6, 6.07) is 0.206. The number of hydrogen-bond donors (Lipinski definition) is 2. The summed E-state index contributed by atoms with van der Waals surface area (Å²) in [7, 11) is 1.29. The van der Waals surface area contributed by atoms with Crippen molar-refractivity contribution in [1.29, 1.82) is 0 Å². The van der Waals surface area contributed by atoms with E-state index in [9.17, 15) is 8.42 Å². The summed E-state index contributed by atoms with van der Waals surface area (Å²) in [4.78, 5) is 0. The molecule has 0 aliphatic heterocycles. The van der Waals surface area contributed by atoms with Crippen molar-refractivity contribution >= 4 is 19.9 Å². The Morgan fingerprint density at radius 1 is 1.25 bits per heavy atom. The maximum atomic E-state index is 10.1. The quantitative estimate of drug-likeness (QED) is 0.672. The summed E-state index contributed by atoms with van der Waals surface area (Å²) in [6.45, 7) is 7.28. The molecule has 0 saturated carbocycles. The largest absolute Gasteiger partial charge is 0.328 e. The first-order valence-electron chi connectivity index (χ1n) is 3.62. The lowest BCUT2D eigenvalue weighted by molar-refractivity contribution is 0.584. The van der Waals surface area contributed by atoms with Crippen LogP contribution in [0, 0.1) is 0 Å². The van der Waals surface area contributed by atoms with Gasteiger partial charge in [0.2, 0.25) is 0 Å². The summed E-state index contributed by atoms with van der Waals surface area (Å²) >= 11 is 0. The molecule has 3 N–H and O–H groups in total. The Morgan fingerprint density at radius 3 is 1.50 bits per heavy atom. The standard InChI is InChI=1S/C3H8ClNO2S.C3H9N/c1-3(2)5-8(4,6)7;1-3(2)4/h3,5H,1-2H3;3H,4H2,1-2H3. The second-order valence-electron chi connectivity index (χ2n) is 2.95. The highest BCUT2D eigenvalue weighted by molar-refractivity contribution is 8.12. The topological polar surface area (TPSA) is 72.2 Å². The Morgan fingerprint density at radius 2 is 1.50 bits per heavy atom. The van der Waals surface area contributed by atoms with Gasteiger partial charge in [-0.2, -0.15) is 13.1 Å². The highest BCUT2D eigenvalue weighted by Crippen LogP contribution is 1.91. The molecule has 0 bridgehead atoms. The van der Waals surface area contributed by atoms with E-state index in [-0.39, 0.29) is 6.04 Å². The molecule has 0 aromatic heterocycles. The van der Waals surface area contributed by atoms with Crippen molar-refractivity contribution in [3.8, 4) is 0 Å². The number of rotatable bonds is 2. The summed E-state index contributed by atoms with van der Waals surface area (Å²) in [5.41, 5.74) is 5.11. The lowest BCUT2D eigenvalue weighted by atomic mass is 10.4. The van der Waals surface area contributed by atoms with Gasteiger partial charge in [0.1, 0.15) is 0 Å². The van der Waals surface area contributed by atoms with Crippen LogP contribution in [0.15, 0.2) is 0 Å². The van der Waals surface area contributed by atoms with Crippen LogP contribution in [0.1, 0.15) is 27.7 Å². The van der Waals surface area contributed by atoms with E-state index >= 15 is 0 Å².